The van der Waals surface area contributed by atoms with Gasteiger partial charge in [-0.3, -0.25) is 4.79 Å². The van der Waals surface area contributed by atoms with Crippen LogP contribution in [0.1, 0.15) is 37.4 Å². The highest BCUT2D eigenvalue weighted by Crippen LogP contribution is 2.44. The Morgan fingerprint density at radius 2 is 1.77 bits per heavy atom. The van der Waals surface area contributed by atoms with Crippen LogP contribution in [0, 0.1) is 0 Å². The molecule has 0 bridgehead atoms. The largest absolute Gasteiger partial charge is 0.469 e. The van der Waals surface area contributed by atoms with Crippen LogP contribution in [0.3, 0.4) is 0 Å². The quantitative estimate of drug-likeness (QED) is 0.235. The number of pyridine rings is 1. The summed E-state index contributed by atoms with van der Waals surface area (Å²) < 4.78 is 12.6. The molecule has 40 heavy (non-hydrogen) atoms. The fourth-order valence-electron chi connectivity index (χ4n) is 4.84. The van der Waals surface area contributed by atoms with E-state index in [1.54, 1.807) is 0 Å². The lowest BCUT2D eigenvalue weighted by Gasteiger charge is -2.40. The van der Waals surface area contributed by atoms with Crippen molar-refractivity contribution in [3.63, 3.8) is 0 Å². The minimum absolute atomic E-state index is 0.268. The average molecular weight is 578 g/mol. The molecule has 2 unspecified atom stereocenters. The molecular formula is C32H30Cl2N2O4. The van der Waals surface area contributed by atoms with Gasteiger partial charge in [0.2, 0.25) is 11.8 Å². The lowest BCUT2D eigenvalue weighted by molar-refractivity contribution is -0.130. The number of aliphatic hydroxyl groups excluding tert-OH is 1. The maximum absolute atomic E-state index is 12.7. The number of carbonyl (C=O) groups excluding carboxylic acids is 1. The molecule has 1 amide bonds. The zero-order valence-electron chi connectivity index (χ0n) is 22.2. The topological polar surface area (TPSA) is 80.7 Å². The minimum Gasteiger partial charge on any atom is -0.469 e. The number of hydrogen-bond acceptors (Lipinski definition) is 5. The van der Waals surface area contributed by atoms with Gasteiger partial charge in [0.15, 0.2) is 0 Å². The summed E-state index contributed by atoms with van der Waals surface area (Å²) in [6.45, 7) is 4.07. The van der Waals surface area contributed by atoms with Crippen molar-refractivity contribution in [2.45, 2.75) is 44.6 Å². The van der Waals surface area contributed by atoms with Gasteiger partial charge in [-0.1, -0.05) is 83.9 Å². The molecule has 8 heteroatoms. The van der Waals surface area contributed by atoms with Gasteiger partial charge in [-0.2, -0.15) is 0 Å². The molecule has 1 aromatic heterocycles. The Balaban J connectivity index is 1.58. The van der Waals surface area contributed by atoms with Gasteiger partial charge in [-0.25, -0.2) is 4.98 Å². The number of halogens is 2. The third-order valence-electron chi connectivity index (χ3n) is 6.87. The second-order valence-electron chi connectivity index (χ2n) is 10.2. The third kappa shape index (κ3) is 6.31. The first-order chi connectivity index (χ1) is 19.2. The lowest BCUT2D eigenvalue weighted by Crippen LogP contribution is -2.47. The standard InChI is InChI=1S/C32H30Cl2N2O4/c1-20(37)30(38)35-28-17-32(2,19-39-18-21-8-4-3-5-9-21)40-31-26(28)16-25(22-12-14-23(33)15-13-22)29(36-31)24-10-6-7-11-27(24)34/h3-16,20,28,37H,17-19H2,1-2H3,(H,35,38)/t20-,28?,32?/m0/s1. The van der Waals surface area contributed by atoms with Crippen LogP contribution in [0.25, 0.3) is 22.4 Å². The van der Waals surface area contributed by atoms with Crippen molar-refractivity contribution in [3.05, 3.63) is 106 Å². The van der Waals surface area contributed by atoms with Crippen LogP contribution in [-0.2, 0) is 16.1 Å². The highest BCUT2D eigenvalue weighted by molar-refractivity contribution is 6.33. The van der Waals surface area contributed by atoms with Crippen LogP contribution in [0.2, 0.25) is 10.0 Å². The minimum atomic E-state index is -1.17. The number of nitrogens with zero attached hydrogens (tertiary/aromatic N) is 1. The first-order valence-electron chi connectivity index (χ1n) is 13.1. The second kappa shape index (κ2) is 12.0. The van der Waals surface area contributed by atoms with E-state index in [2.05, 4.69) is 5.32 Å². The number of ether oxygens (including phenoxy) is 2. The molecule has 1 aliphatic heterocycles. The number of aliphatic hydroxyl groups is 1. The molecule has 0 saturated carbocycles. The molecule has 0 spiro atoms. The van der Waals surface area contributed by atoms with Crippen LogP contribution in [0.5, 0.6) is 5.88 Å². The third-order valence-corrected chi connectivity index (χ3v) is 7.45. The summed E-state index contributed by atoms with van der Waals surface area (Å²) in [4.78, 5) is 17.7. The van der Waals surface area contributed by atoms with Crippen LogP contribution >= 0.6 is 23.2 Å². The normalized spacial score (nSPS) is 18.9. The molecule has 0 aliphatic carbocycles. The average Bonchev–Trinajstić information content (AvgIpc) is 2.93. The van der Waals surface area contributed by atoms with E-state index in [1.807, 2.05) is 91.9 Å². The van der Waals surface area contributed by atoms with E-state index >= 15 is 0 Å². The lowest BCUT2D eigenvalue weighted by atomic mass is 9.87. The summed E-state index contributed by atoms with van der Waals surface area (Å²) in [5, 5.41) is 14.1. The zero-order chi connectivity index (χ0) is 28.3. The maximum Gasteiger partial charge on any atom is 0.249 e. The van der Waals surface area contributed by atoms with Gasteiger partial charge < -0.3 is 19.9 Å². The molecule has 0 fully saturated rings. The Labute approximate surface area is 243 Å². The van der Waals surface area contributed by atoms with E-state index in [0.717, 1.165) is 22.3 Å². The molecule has 3 atom stereocenters. The number of nitrogens with one attached hydrogen (secondary N) is 1. The van der Waals surface area contributed by atoms with Crippen LogP contribution in [0.4, 0.5) is 0 Å². The number of benzene rings is 3. The van der Waals surface area contributed by atoms with Crippen molar-refractivity contribution in [3.8, 4) is 28.3 Å². The molecule has 2 heterocycles. The summed E-state index contributed by atoms with van der Waals surface area (Å²) in [6, 6.07) is 26.4. The summed E-state index contributed by atoms with van der Waals surface area (Å²) in [7, 11) is 0. The van der Waals surface area contributed by atoms with E-state index in [4.69, 9.17) is 37.7 Å². The molecular weight excluding hydrogens is 547 g/mol. The Bertz CT molecular complexity index is 1500. The summed E-state index contributed by atoms with van der Waals surface area (Å²) >= 11 is 12.8. The van der Waals surface area contributed by atoms with Gasteiger partial charge in [-0.05, 0) is 49.2 Å². The highest BCUT2D eigenvalue weighted by Gasteiger charge is 2.40. The van der Waals surface area contributed by atoms with Gasteiger partial charge in [0.05, 0.1) is 24.9 Å². The van der Waals surface area contributed by atoms with E-state index < -0.39 is 23.7 Å². The molecule has 5 rings (SSSR count). The number of rotatable bonds is 8. The molecule has 206 valence electrons. The molecule has 0 radical (unpaired) electrons. The van der Waals surface area contributed by atoms with E-state index in [0.29, 0.717) is 40.2 Å². The van der Waals surface area contributed by atoms with Crippen molar-refractivity contribution in [1.82, 2.24) is 10.3 Å². The fourth-order valence-corrected chi connectivity index (χ4v) is 5.19. The Morgan fingerprint density at radius 3 is 2.48 bits per heavy atom. The Kier molecular flexibility index (Phi) is 8.43. The smallest absolute Gasteiger partial charge is 0.249 e. The number of fused-ring (bicyclic) bond motifs is 1. The van der Waals surface area contributed by atoms with Crippen molar-refractivity contribution < 1.29 is 19.4 Å². The molecule has 1 aliphatic rings. The fraction of sp³-hybridized carbons (Fsp3) is 0.250. The van der Waals surface area contributed by atoms with Gasteiger partial charge in [-0.15, -0.1) is 0 Å². The molecule has 0 saturated heterocycles. The molecule has 6 nitrogen and oxygen atoms in total. The first-order valence-corrected chi connectivity index (χ1v) is 13.8. The van der Waals surface area contributed by atoms with Crippen LogP contribution < -0.4 is 10.1 Å². The highest BCUT2D eigenvalue weighted by atomic mass is 35.5. The Hall–Kier alpha value is -3.42. The van der Waals surface area contributed by atoms with E-state index in [-0.39, 0.29) is 6.61 Å². The first kappa shape index (κ1) is 28.1. The van der Waals surface area contributed by atoms with Crippen LogP contribution in [-0.4, -0.2) is 34.3 Å². The van der Waals surface area contributed by atoms with Crippen LogP contribution in [0.15, 0.2) is 84.9 Å². The van der Waals surface area contributed by atoms with Crippen molar-refractivity contribution in [2.75, 3.05) is 6.61 Å². The number of amides is 1. The predicted molar refractivity (Wildman–Crippen MR) is 157 cm³/mol. The van der Waals surface area contributed by atoms with Gasteiger partial charge in [0, 0.05) is 33.2 Å². The summed E-state index contributed by atoms with van der Waals surface area (Å²) in [5.41, 5.74) is 4.04. The van der Waals surface area contributed by atoms with Gasteiger partial charge >= 0.3 is 0 Å². The van der Waals surface area contributed by atoms with Gasteiger partial charge in [0.1, 0.15) is 11.7 Å². The van der Waals surface area contributed by atoms with Gasteiger partial charge in [0.25, 0.3) is 0 Å². The maximum atomic E-state index is 12.7. The number of carbonyl (C=O) groups is 1. The molecule has 2 N–H and O–H groups in total. The monoisotopic (exact) mass is 576 g/mol. The zero-order valence-corrected chi connectivity index (χ0v) is 23.7. The number of aromatic nitrogens is 1. The predicted octanol–water partition coefficient (Wildman–Crippen LogP) is 7.02. The van der Waals surface area contributed by atoms with Crippen molar-refractivity contribution in [1.29, 1.82) is 0 Å². The summed E-state index contributed by atoms with van der Waals surface area (Å²) in [6.07, 6.45) is -0.751. The molecule has 4 aromatic rings. The van der Waals surface area contributed by atoms with Crippen molar-refractivity contribution >= 4 is 29.1 Å². The van der Waals surface area contributed by atoms with E-state index in [1.165, 1.54) is 6.92 Å². The Morgan fingerprint density at radius 1 is 1.07 bits per heavy atom. The van der Waals surface area contributed by atoms with Crippen molar-refractivity contribution in [2.24, 2.45) is 0 Å². The second-order valence-corrected chi connectivity index (χ2v) is 11.1. The number of hydrogen-bond donors (Lipinski definition) is 2. The van der Waals surface area contributed by atoms with E-state index in [9.17, 15) is 9.90 Å². The summed E-state index contributed by atoms with van der Waals surface area (Å²) in [5.74, 6) is -0.103. The molecule has 3 aromatic carbocycles. The SMILES string of the molecule is C[C@H](O)C(=O)NC1CC(C)(COCc2ccccc2)Oc2nc(-c3ccccc3Cl)c(-c3ccc(Cl)cc3)cc21.